The quantitative estimate of drug-likeness (QED) is 0.758. The average Bonchev–Trinajstić information content (AvgIpc) is 2.79. The molecule has 0 aliphatic carbocycles. The van der Waals surface area contributed by atoms with Crippen molar-refractivity contribution in [3.8, 4) is 0 Å². The molecule has 2 N–H and O–H groups in total. The van der Waals surface area contributed by atoms with Crippen LogP contribution in [0.3, 0.4) is 0 Å². The molecule has 21 heavy (non-hydrogen) atoms. The summed E-state index contributed by atoms with van der Waals surface area (Å²) in [7, 11) is 0. The zero-order valence-electron chi connectivity index (χ0n) is 13.1. The summed E-state index contributed by atoms with van der Waals surface area (Å²) in [4.78, 5) is 4.67. The molecule has 0 radical (unpaired) electrons. The highest BCUT2D eigenvalue weighted by atomic mass is 32.2. The lowest BCUT2D eigenvalue weighted by atomic mass is 9.96. The third-order valence-corrected chi connectivity index (χ3v) is 5.53. The molecule has 0 bridgehead atoms. The lowest BCUT2D eigenvalue weighted by molar-refractivity contribution is 0.157. The van der Waals surface area contributed by atoms with Gasteiger partial charge in [0, 0.05) is 16.8 Å². The van der Waals surface area contributed by atoms with Gasteiger partial charge in [-0.25, -0.2) is 4.98 Å². The number of hydrogen-bond donors (Lipinski definition) is 2. The summed E-state index contributed by atoms with van der Waals surface area (Å²) in [6.07, 6.45) is 0.905. The molecule has 3 nitrogen and oxygen atoms in total. The van der Waals surface area contributed by atoms with Crippen LogP contribution in [-0.2, 0) is 0 Å². The zero-order valence-corrected chi connectivity index (χ0v) is 14.7. The normalized spacial score (nSPS) is 16.3. The zero-order chi connectivity index (χ0) is 15.5. The highest BCUT2D eigenvalue weighted by Gasteiger charge is 2.27. The number of rotatable bonds is 7. The molecular weight excluding hydrogens is 300 g/mol. The molecule has 0 amide bonds. The molecule has 2 rings (SSSR count). The highest BCUT2D eigenvalue weighted by molar-refractivity contribution is 8.01. The van der Waals surface area contributed by atoms with Crippen LogP contribution >= 0.6 is 23.1 Å². The van der Waals surface area contributed by atoms with Gasteiger partial charge in [-0.15, -0.1) is 11.3 Å². The summed E-state index contributed by atoms with van der Waals surface area (Å²) in [5.41, 5.74) is 0.833. The maximum absolute atomic E-state index is 9.68. The summed E-state index contributed by atoms with van der Waals surface area (Å²) in [6.45, 7) is 8.66. The summed E-state index contributed by atoms with van der Waals surface area (Å²) in [5.74, 6) is 0. The second-order valence-electron chi connectivity index (χ2n) is 6.10. The van der Waals surface area contributed by atoms with Crippen molar-refractivity contribution >= 4 is 33.3 Å². The smallest absolute Gasteiger partial charge is 0.151 e. The number of aromatic nitrogens is 1. The number of aliphatic hydroxyl groups excluding tert-OH is 1. The first-order valence-corrected chi connectivity index (χ1v) is 9.02. The minimum Gasteiger partial charge on any atom is -0.394 e. The van der Waals surface area contributed by atoms with Crippen molar-refractivity contribution in [1.29, 1.82) is 0 Å². The lowest BCUT2D eigenvalue weighted by Crippen LogP contribution is -2.50. The fraction of sp³-hybridized carbons (Fsp3) is 0.562. The number of hydrogen-bond acceptors (Lipinski definition) is 5. The molecular formula is C16H24N2OS2. The van der Waals surface area contributed by atoms with Gasteiger partial charge >= 0.3 is 0 Å². The van der Waals surface area contributed by atoms with Gasteiger partial charge in [-0.2, -0.15) is 0 Å². The molecule has 0 saturated carbocycles. The number of thiazole rings is 1. The van der Waals surface area contributed by atoms with Crippen LogP contribution in [0.2, 0.25) is 0 Å². The predicted molar refractivity (Wildman–Crippen MR) is 93.3 cm³/mol. The summed E-state index contributed by atoms with van der Waals surface area (Å²) < 4.78 is 2.34. The van der Waals surface area contributed by atoms with E-state index in [-0.39, 0.29) is 12.1 Å². The van der Waals surface area contributed by atoms with E-state index in [2.05, 4.69) is 50.1 Å². The Morgan fingerprint density at radius 2 is 2.05 bits per heavy atom. The van der Waals surface area contributed by atoms with Crippen LogP contribution in [-0.4, -0.2) is 33.5 Å². The molecule has 2 atom stereocenters. The molecule has 116 valence electrons. The second kappa shape index (κ2) is 7.09. The number of aliphatic hydroxyl groups is 1. The molecule has 0 aliphatic heterocycles. The molecule has 0 fully saturated rings. The molecule has 0 spiro atoms. The standard InChI is InChI=1S/C16H24N2OS2/c1-11(2)18-16(4,10-19)9-12(3)20-15-17-13-7-5-6-8-14(13)21-15/h5-8,11-12,18-19H,9-10H2,1-4H3. The van der Waals surface area contributed by atoms with Crippen LogP contribution < -0.4 is 5.32 Å². The summed E-state index contributed by atoms with van der Waals surface area (Å²) in [6, 6.07) is 8.60. The van der Waals surface area contributed by atoms with Gasteiger partial charge in [0.2, 0.25) is 0 Å². The van der Waals surface area contributed by atoms with Gasteiger partial charge in [-0.3, -0.25) is 0 Å². The van der Waals surface area contributed by atoms with Gasteiger partial charge in [-0.05, 0) is 25.5 Å². The molecule has 0 saturated heterocycles. The van der Waals surface area contributed by atoms with Crippen LogP contribution in [0.25, 0.3) is 10.2 Å². The maximum atomic E-state index is 9.68. The Morgan fingerprint density at radius 3 is 2.67 bits per heavy atom. The largest absolute Gasteiger partial charge is 0.394 e. The van der Waals surface area contributed by atoms with Gasteiger partial charge in [0.15, 0.2) is 4.34 Å². The monoisotopic (exact) mass is 324 g/mol. The summed E-state index contributed by atoms with van der Waals surface area (Å²) >= 11 is 3.54. The number of fused-ring (bicyclic) bond motifs is 1. The van der Waals surface area contributed by atoms with Gasteiger partial charge in [0.1, 0.15) is 0 Å². The van der Waals surface area contributed by atoms with E-state index in [1.165, 1.54) is 4.70 Å². The molecule has 2 unspecified atom stereocenters. The van der Waals surface area contributed by atoms with Gasteiger partial charge in [-0.1, -0.05) is 44.7 Å². The van der Waals surface area contributed by atoms with E-state index >= 15 is 0 Å². The molecule has 2 aromatic rings. The lowest BCUT2D eigenvalue weighted by Gasteiger charge is -2.33. The molecule has 1 aromatic carbocycles. The average molecular weight is 325 g/mol. The van der Waals surface area contributed by atoms with E-state index in [4.69, 9.17) is 0 Å². The number of thioether (sulfide) groups is 1. The van der Waals surface area contributed by atoms with Gasteiger partial charge in [0.05, 0.1) is 16.8 Å². The number of nitrogens with one attached hydrogen (secondary N) is 1. The SMILES string of the molecule is CC(C)NC(C)(CO)CC(C)Sc1nc2ccccc2s1. The Hall–Kier alpha value is -0.620. The van der Waals surface area contributed by atoms with Crippen molar-refractivity contribution in [3.63, 3.8) is 0 Å². The van der Waals surface area contributed by atoms with Crippen molar-refractivity contribution in [2.24, 2.45) is 0 Å². The van der Waals surface area contributed by atoms with E-state index in [9.17, 15) is 5.11 Å². The third-order valence-electron chi connectivity index (χ3n) is 3.30. The Balaban J connectivity index is 2.01. The Morgan fingerprint density at radius 1 is 1.33 bits per heavy atom. The van der Waals surface area contributed by atoms with E-state index in [1.807, 2.05) is 12.1 Å². The Labute approximate surface area is 135 Å². The second-order valence-corrected chi connectivity index (χ2v) is 8.81. The van der Waals surface area contributed by atoms with E-state index in [1.54, 1.807) is 23.1 Å². The highest BCUT2D eigenvalue weighted by Crippen LogP contribution is 2.34. The van der Waals surface area contributed by atoms with Crippen LogP contribution in [0.15, 0.2) is 28.6 Å². The summed E-state index contributed by atoms with van der Waals surface area (Å²) in [5, 5.41) is 13.5. The van der Waals surface area contributed by atoms with Crippen LogP contribution in [0.4, 0.5) is 0 Å². The Bertz CT molecular complexity index is 551. The predicted octanol–water partition coefficient (Wildman–Crippen LogP) is 3.92. The fourth-order valence-electron chi connectivity index (χ4n) is 2.62. The fourth-order valence-corrected chi connectivity index (χ4v) is 5.21. The van der Waals surface area contributed by atoms with E-state index in [0.29, 0.717) is 11.3 Å². The van der Waals surface area contributed by atoms with Crippen LogP contribution in [0, 0.1) is 0 Å². The van der Waals surface area contributed by atoms with Crippen molar-refractivity contribution < 1.29 is 5.11 Å². The van der Waals surface area contributed by atoms with Crippen molar-refractivity contribution in [2.45, 2.75) is 55.3 Å². The van der Waals surface area contributed by atoms with Crippen molar-refractivity contribution in [3.05, 3.63) is 24.3 Å². The third kappa shape index (κ3) is 4.68. The van der Waals surface area contributed by atoms with E-state index < -0.39 is 0 Å². The molecule has 1 heterocycles. The molecule has 5 heteroatoms. The number of para-hydroxylation sites is 1. The minimum absolute atomic E-state index is 0.149. The molecule has 0 aliphatic rings. The van der Waals surface area contributed by atoms with E-state index in [0.717, 1.165) is 16.3 Å². The van der Waals surface area contributed by atoms with Crippen molar-refractivity contribution in [2.75, 3.05) is 6.61 Å². The number of benzene rings is 1. The molecule has 1 aromatic heterocycles. The first-order valence-electron chi connectivity index (χ1n) is 7.32. The van der Waals surface area contributed by atoms with Crippen molar-refractivity contribution in [1.82, 2.24) is 10.3 Å². The van der Waals surface area contributed by atoms with Crippen LogP contribution in [0.1, 0.15) is 34.1 Å². The van der Waals surface area contributed by atoms with Crippen LogP contribution in [0.5, 0.6) is 0 Å². The first-order chi connectivity index (χ1) is 9.92. The maximum Gasteiger partial charge on any atom is 0.151 e. The topological polar surface area (TPSA) is 45.1 Å². The Kier molecular flexibility index (Phi) is 5.66. The van der Waals surface area contributed by atoms with Gasteiger partial charge < -0.3 is 10.4 Å². The number of nitrogens with zero attached hydrogens (tertiary/aromatic N) is 1. The first kappa shape index (κ1) is 16.7. The van der Waals surface area contributed by atoms with Gasteiger partial charge in [0.25, 0.3) is 0 Å². The minimum atomic E-state index is -0.239.